The van der Waals surface area contributed by atoms with Gasteiger partial charge in [-0.15, -0.1) is 0 Å². The van der Waals surface area contributed by atoms with Gasteiger partial charge in [0.15, 0.2) is 0 Å². The highest BCUT2D eigenvalue weighted by atomic mass is 19.1. The van der Waals surface area contributed by atoms with Crippen molar-refractivity contribution in [1.82, 2.24) is 5.32 Å². The zero-order valence-corrected chi connectivity index (χ0v) is 10.8. The Morgan fingerprint density at radius 3 is 2.68 bits per heavy atom. The molecule has 0 unspecified atom stereocenters. The fourth-order valence-corrected chi connectivity index (χ4v) is 1.59. The molecule has 106 valence electrons. The standard InChI is InChI=1S/C13H18F2N2O2/c1-19-6-4-2-3-5-17-13(18)9-7-12(16)11(15)8-10(9)14/h7-8H,2-6,16H2,1H3,(H,17,18). The Bertz CT molecular complexity index is 439. The lowest BCUT2D eigenvalue weighted by Gasteiger charge is -2.07. The van der Waals surface area contributed by atoms with Gasteiger partial charge in [-0.25, -0.2) is 8.78 Å². The predicted molar refractivity (Wildman–Crippen MR) is 68.8 cm³/mol. The molecule has 1 aromatic carbocycles. The van der Waals surface area contributed by atoms with Crippen molar-refractivity contribution < 1.29 is 18.3 Å². The third-order valence-corrected chi connectivity index (χ3v) is 2.64. The maximum Gasteiger partial charge on any atom is 0.254 e. The molecule has 1 amide bonds. The van der Waals surface area contributed by atoms with Crippen LogP contribution in [0.3, 0.4) is 0 Å². The number of nitrogen functional groups attached to an aromatic ring is 1. The first-order chi connectivity index (χ1) is 9.06. The van der Waals surface area contributed by atoms with E-state index in [9.17, 15) is 13.6 Å². The number of ether oxygens (including phenoxy) is 1. The smallest absolute Gasteiger partial charge is 0.254 e. The molecule has 0 radical (unpaired) electrons. The Labute approximate surface area is 110 Å². The molecule has 1 rings (SSSR count). The summed E-state index contributed by atoms with van der Waals surface area (Å²) in [5, 5.41) is 2.57. The molecule has 0 aliphatic heterocycles. The number of rotatable bonds is 7. The number of hydrogen-bond donors (Lipinski definition) is 2. The van der Waals surface area contributed by atoms with Gasteiger partial charge in [0, 0.05) is 26.3 Å². The Hall–Kier alpha value is -1.69. The monoisotopic (exact) mass is 272 g/mol. The van der Waals surface area contributed by atoms with E-state index in [1.807, 2.05) is 0 Å². The number of anilines is 1. The minimum atomic E-state index is -0.913. The van der Waals surface area contributed by atoms with Gasteiger partial charge in [0.2, 0.25) is 0 Å². The SMILES string of the molecule is COCCCCCNC(=O)c1cc(N)c(F)cc1F. The van der Waals surface area contributed by atoms with Crippen molar-refractivity contribution in [1.29, 1.82) is 0 Å². The molecule has 0 heterocycles. The summed E-state index contributed by atoms with van der Waals surface area (Å²) in [7, 11) is 1.63. The second kappa shape index (κ2) is 7.68. The number of benzene rings is 1. The molecular weight excluding hydrogens is 254 g/mol. The van der Waals surface area contributed by atoms with Crippen molar-refractivity contribution in [2.24, 2.45) is 0 Å². The number of amides is 1. The largest absolute Gasteiger partial charge is 0.396 e. The molecule has 19 heavy (non-hydrogen) atoms. The summed E-state index contributed by atoms with van der Waals surface area (Å²) in [5.74, 6) is -2.37. The molecule has 0 atom stereocenters. The number of carbonyl (C=O) groups excluding carboxylic acids is 1. The lowest BCUT2D eigenvalue weighted by molar-refractivity contribution is 0.0948. The first kappa shape index (κ1) is 15.4. The average molecular weight is 272 g/mol. The van der Waals surface area contributed by atoms with Gasteiger partial charge in [-0.2, -0.15) is 0 Å². The molecule has 0 bridgehead atoms. The van der Waals surface area contributed by atoms with Crippen LogP contribution in [0, 0.1) is 11.6 Å². The highest BCUT2D eigenvalue weighted by Crippen LogP contribution is 2.16. The van der Waals surface area contributed by atoms with Crippen LogP contribution in [0.5, 0.6) is 0 Å². The van der Waals surface area contributed by atoms with E-state index in [-0.39, 0.29) is 11.3 Å². The van der Waals surface area contributed by atoms with Crippen LogP contribution in [0.4, 0.5) is 14.5 Å². The molecule has 0 fully saturated rings. The van der Waals surface area contributed by atoms with Crippen molar-refractivity contribution in [2.45, 2.75) is 19.3 Å². The van der Waals surface area contributed by atoms with Crippen LogP contribution in [0.2, 0.25) is 0 Å². The normalized spacial score (nSPS) is 10.5. The minimum Gasteiger partial charge on any atom is -0.396 e. The van der Waals surface area contributed by atoms with E-state index in [2.05, 4.69) is 5.32 Å². The Morgan fingerprint density at radius 2 is 2.00 bits per heavy atom. The molecule has 0 aliphatic carbocycles. The summed E-state index contributed by atoms with van der Waals surface area (Å²) >= 11 is 0. The van der Waals surface area contributed by atoms with Gasteiger partial charge in [-0.3, -0.25) is 4.79 Å². The Balaban J connectivity index is 2.43. The van der Waals surface area contributed by atoms with Gasteiger partial charge >= 0.3 is 0 Å². The average Bonchev–Trinajstić information content (AvgIpc) is 2.37. The maximum atomic E-state index is 13.4. The summed E-state index contributed by atoms with van der Waals surface area (Å²) in [6.45, 7) is 1.11. The summed E-state index contributed by atoms with van der Waals surface area (Å²) in [4.78, 5) is 11.7. The lowest BCUT2D eigenvalue weighted by atomic mass is 10.1. The molecule has 6 heteroatoms. The van der Waals surface area contributed by atoms with E-state index >= 15 is 0 Å². The Kier molecular flexibility index (Phi) is 6.21. The second-order valence-corrected chi connectivity index (χ2v) is 4.16. The summed E-state index contributed by atoms with van der Waals surface area (Å²) < 4.78 is 31.2. The number of hydrogen-bond acceptors (Lipinski definition) is 3. The highest BCUT2D eigenvalue weighted by molar-refractivity contribution is 5.95. The zero-order valence-electron chi connectivity index (χ0n) is 10.8. The number of unbranched alkanes of at least 4 members (excludes halogenated alkanes) is 2. The first-order valence-electron chi connectivity index (χ1n) is 6.08. The predicted octanol–water partition coefficient (Wildman–Crippen LogP) is 2.09. The Morgan fingerprint density at radius 1 is 1.26 bits per heavy atom. The van der Waals surface area contributed by atoms with Gasteiger partial charge in [-0.1, -0.05) is 0 Å². The van der Waals surface area contributed by atoms with Crippen molar-refractivity contribution in [3.8, 4) is 0 Å². The number of nitrogens with one attached hydrogen (secondary N) is 1. The van der Waals surface area contributed by atoms with Crippen LogP contribution in [0.1, 0.15) is 29.6 Å². The van der Waals surface area contributed by atoms with E-state index in [4.69, 9.17) is 10.5 Å². The van der Waals surface area contributed by atoms with E-state index in [0.717, 1.165) is 25.3 Å². The molecule has 0 saturated carbocycles. The quantitative estimate of drug-likeness (QED) is 0.590. The van der Waals surface area contributed by atoms with E-state index < -0.39 is 17.5 Å². The van der Waals surface area contributed by atoms with Crippen molar-refractivity contribution in [3.63, 3.8) is 0 Å². The third kappa shape index (κ3) is 4.82. The van der Waals surface area contributed by atoms with E-state index in [0.29, 0.717) is 19.2 Å². The lowest BCUT2D eigenvalue weighted by Crippen LogP contribution is -2.25. The fourth-order valence-electron chi connectivity index (χ4n) is 1.59. The summed E-state index contributed by atoms with van der Waals surface area (Å²) in [5.41, 5.74) is 4.82. The number of halogens is 2. The van der Waals surface area contributed by atoms with Gasteiger partial charge in [0.05, 0.1) is 11.3 Å². The fraction of sp³-hybridized carbons (Fsp3) is 0.462. The van der Waals surface area contributed by atoms with Crippen LogP contribution >= 0.6 is 0 Å². The second-order valence-electron chi connectivity index (χ2n) is 4.16. The number of nitrogens with two attached hydrogens (primary N) is 1. The summed E-state index contributed by atoms with van der Waals surface area (Å²) in [6.07, 6.45) is 2.58. The van der Waals surface area contributed by atoms with Gasteiger partial charge in [0.1, 0.15) is 11.6 Å². The molecule has 0 saturated heterocycles. The van der Waals surface area contributed by atoms with E-state index in [1.54, 1.807) is 7.11 Å². The van der Waals surface area contributed by atoms with Crippen LogP contribution in [0.15, 0.2) is 12.1 Å². The molecule has 0 spiro atoms. The molecule has 0 aromatic heterocycles. The van der Waals surface area contributed by atoms with Gasteiger partial charge in [-0.05, 0) is 25.3 Å². The van der Waals surface area contributed by atoms with Gasteiger partial charge < -0.3 is 15.8 Å². The van der Waals surface area contributed by atoms with Crippen LogP contribution in [-0.2, 0) is 4.74 Å². The third-order valence-electron chi connectivity index (χ3n) is 2.64. The molecule has 3 N–H and O–H groups in total. The number of carbonyl (C=O) groups is 1. The molecule has 1 aromatic rings. The van der Waals surface area contributed by atoms with Crippen LogP contribution < -0.4 is 11.1 Å². The topological polar surface area (TPSA) is 64.3 Å². The van der Waals surface area contributed by atoms with Crippen LogP contribution in [0.25, 0.3) is 0 Å². The number of methoxy groups -OCH3 is 1. The minimum absolute atomic E-state index is 0.240. The van der Waals surface area contributed by atoms with E-state index in [1.165, 1.54) is 0 Å². The van der Waals surface area contributed by atoms with Crippen molar-refractivity contribution >= 4 is 11.6 Å². The van der Waals surface area contributed by atoms with Crippen LogP contribution in [-0.4, -0.2) is 26.2 Å². The zero-order chi connectivity index (χ0) is 14.3. The molecule has 0 aliphatic rings. The first-order valence-corrected chi connectivity index (χ1v) is 6.08. The highest BCUT2D eigenvalue weighted by Gasteiger charge is 2.14. The molecular formula is C13H18F2N2O2. The van der Waals surface area contributed by atoms with Gasteiger partial charge in [0.25, 0.3) is 5.91 Å². The molecule has 4 nitrogen and oxygen atoms in total. The van der Waals surface area contributed by atoms with Crippen molar-refractivity contribution in [2.75, 3.05) is 26.0 Å². The van der Waals surface area contributed by atoms with Crippen molar-refractivity contribution in [3.05, 3.63) is 29.3 Å². The summed E-state index contributed by atoms with van der Waals surface area (Å²) in [6, 6.07) is 1.62. The maximum absolute atomic E-state index is 13.4.